The molecule has 2 aliphatic heterocycles. The molecule has 2 aliphatic rings. The van der Waals surface area contributed by atoms with Gasteiger partial charge >= 0.3 is 5.97 Å². The number of aromatic nitrogens is 6. The Kier molecular flexibility index (Phi) is 8.25. The van der Waals surface area contributed by atoms with E-state index in [0.717, 1.165) is 30.8 Å². The Balaban J connectivity index is 1.48. The van der Waals surface area contributed by atoms with E-state index in [0.29, 0.717) is 28.7 Å². The largest absolute Gasteiger partial charge is 0.477 e. The number of fused-ring (bicyclic) bond motifs is 1. The first-order chi connectivity index (χ1) is 17.3. The predicted octanol–water partition coefficient (Wildman–Crippen LogP) is 1.14. The average Bonchev–Trinajstić information content (AvgIpc) is 3.47. The molecule has 0 bridgehead atoms. The number of carboxylic acid groups (broad SMARTS) is 1. The number of rotatable bonds is 11. The number of nitrogens with zero attached hydrogens (tertiary/aromatic N) is 7. The first-order valence-corrected chi connectivity index (χ1v) is 14.0. The summed E-state index contributed by atoms with van der Waals surface area (Å²) in [6.45, 7) is 2.09. The lowest BCUT2D eigenvalue weighted by Gasteiger charge is -2.49. The average molecular weight is 552 g/mol. The summed E-state index contributed by atoms with van der Waals surface area (Å²) in [4.78, 5) is 43.6. The van der Waals surface area contributed by atoms with Gasteiger partial charge in [-0.3, -0.25) is 14.5 Å². The number of carboxylic acids is 1. The number of nitrogens with two attached hydrogens (primary N) is 1. The van der Waals surface area contributed by atoms with Gasteiger partial charge in [0.1, 0.15) is 17.1 Å². The first-order valence-electron chi connectivity index (χ1n) is 11.2. The molecule has 1 saturated heterocycles. The monoisotopic (exact) mass is 551 g/mol. The van der Waals surface area contributed by atoms with E-state index in [9.17, 15) is 19.5 Å². The molecule has 4 N–H and O–H groups in total. The van der Waals surface area contributed by atoms with Gasteiger partial charge in [0.25, 0.3) is 11.8 Å². The molecule has 13 nitrogen and oxygen atoms in total. The van der Waals surface area contributed by atoms with Gasteiger partial charge in [0.15, 0.2) is 11.0 Å². The van der Waals surface area contributed by atoms with Gasteiger partial charge in [0.05, 0.1) is 5.57 Å². The third-order valence-electron chi connectivity index (χ3n) is 5.58. The van der Waals surface area contributed by atoms with E-state index < -0.39 is 29.2 Å². The summed E-state index contributed by atoms with van der Waals surface area (Å²) in [7, 11) is 1.69. The molecular weight excluding hydrogens is 526 g/mol. The van der Waals surface area contributed by atoms with Crippen LogP contribution in [0.1, 0.15) is 38.4 Å². The molecule has 192 valence electrons. The second kappa shape index (κ2) is 11.4. The highest BCUT2D eigenvalue weighted by Gasteiger charge is 2.54. The molecule has 0 aromatic carbocycles. The summed E-state index contributed by atoms with van der Waals surface area (Å²) < 4.78 is 5.64. The quantitative estimate of drug-likeness (QED) is 0.157. The van der Waals surface area contributed by atoms with Crippen molar-refractivity contribution in [3.05, 3.63) is 23.2 Å². The van der Waals surface area contributed by atoms with Crippen molar-refractivity contribution in [1.82, 2.24) is 39.8 Å². The molecule has 0 spiro atoms. The highest BCUT2D eigenvalue weighted by Crippen LogP contribution is 2.41. The number of unbranched alkanes of at least 4 members (excludes halogenated alkanes) is 3. The van der Waals surface area contributed by atoms with Crippen LogP contribution in [0.15, 0.2) is 22.5 Å². The van der Waals surface area contributed by atoms with Crippen molar-refractivity contribution in [2.24, 2.45) is 7.05 Å². The number of carbonyl (C=O) groups excluding carboxylic acids is 2. The number of thioether (sulfide) groups is 2. The van der Waals surface area contributed by atoms with E-state index in [1.54, 1.807) is 13.1 Å². The number of hydrogen-bond donors (Lipinski definition) is 3. The Hall–Kier alpha value is -2.98. The van der Waals surface area contributed by atoms with Crippen LogP contribution in [-0.2, 0) is 21.4 Å². The second-order valence-electron chi connectivity index (χ2n) is 8.06. The third-order valence-corrected chi connectivity index (χ3v) is 8.56. The van der Waals surface area contributed by atoms with Gasteiger partial charge in [0.2, 0.25) is 5.16 Å². The minimum absolute atomic E-state index is 0.0545. The standard InChI is InChI=1S/C20H25N9O4S3/c1-3-4-5-6-7-11(14-23-19(21)36-25-14)15(30)22-12-16(31)29-13(18(32)33)10(8-34-17(12)29)9-35-20-24-26-27-28(20)2/h7,12,17H,3-6,8-9H2,1-2H3,(H,22,30)(H,32,33)(H2,21,23,25)/t12?,17-/m0/s1. The highest BCUT2D eigenvalue weighted by molar-refractivity contribution is 8.01. The maximum atomic E-state index is 13.2. The van der Waals surface area contributed by atoms with Gasteiger partial charge in [-0.2, -0.15) is 9.36 Å². The van der Waals surface area contributed by atoms with Crippen LogP contribution in [-0.4, -0.2) is 80.3 Å². The van der Waals surface area contributed by atoms with Crippen LogP contribution in [0, 0.1) is 0 Å². The smallest absolute Gasteiger partial charge is 0.352 e. The Labute approximate surface area is 219 Å². The van der Waals surface area contributed by atoms with Crippen LogP contribution < -0.4 is 11.1 Å². The molecule has 1 unspecified atom stereocenters. The Morgan fingerprint density at radius 1 is 1.36 bits per heavy atom. The number of allylic oxidation sites excluding steroid dienone is 1. The summed E-state index contributed by atoms with van der Waals surface area (Å²) in [6.07, 6.45) is 5.38. The fourth-order valence-electron chi connectivity index (χ4n) is 3.78. The number of aliphatic carboxylic acids is 1. The fraction of sp³-hybridized carbons (Fsp3) is 0.500. The van der Waals surface area contributed by atoms with Crippen molar-refractivity contribution >= 4 is 63.5 Å². The molecule has 0 aliphatic carbocycles. The predicted molar refractivity (Wildman–Crippen MR) is 136 cm³/mol. The Morgan fingerprint density at radius 2 is 2.17 bits per heavy atom. The molecule has 2 aromatic heterocycles. The van der Waals surface area contributed by atoms with Gasteiger partial charge in [-0.1, -0.05) is 37.6 Å². The fourth-order valence-corrected chi connectivity index (χ4v) is 6.56. The summed E-state index contributed by atoms with van der Waals surface area (Å²) in [6, 6.07) is -0.857. The summed E-state index contributed by atoms with van der Waals surface area (Å²) in [5.41, 5.74) is 6.50. The number of tetrazole rings is 1. The van der Waals surface area contributed by atoms with Crippen LogP contribution in [0.2, 0.25) is 0 Å². The number of nitrogens with one attached hydrogen (secondary N) is 1. The number of carbonyl (C=O) groups is 3. The van der Waals surface area contributed by atoms with Gasteiger partial charge in [-0.25, -0.2) is 9.48 Å². The molecule has 4 rings (SSSR count). The maximum Gasteiger partial charge on any atom is 0.352 e. The number of hydrogen-bond acceptors (Lipinski definition) is 12. The van der Waals surface area contributed by atoms with Crippen molar-refractivity contribution < 1.29 is 19.5 Å². The van der Waals surface area contributed by atoms with Crippen molar-refractivity contribution in [3.63, 3.8) is 0 Å². The lowest BCUT2D eigenvalue weighted by molar-refractivity contribution is -0.150. The molecule has 2 amide bonds. The van der Waals surface area contributed by atoms with Gasteiger partial charge in [0, 0.05) is 30.1 Å². The SMILES string of the molecule is CCCCCC=C(C(=O)NC1C(=O)N2C(C(=O)O)=C(CSc3nnnn3C)CS[C@@H]12)c1nsc(N)n1. The number of aryl methyl sites for hydroxylation is 1. The molecule has 0 saturated carbocycles. The number of amides is 2. The second-order valence-corrected chi connectivity index (χ2v) is 10.9. The van der Waals surface area contributed by atoms with Crippen molar-refractivity contribution in [2.75, 3.05) is 17.2 Å². The minimum atomic E-state index is -1.19. The van der Waals surface area contributed by atoms with Crippen molar-refractivity contribution in [3.8, 4) is 0 Å². The molecule has 36 heavy (non-hydrogen) atoms. The molecule has 0 radical (unpaired) electrons. The van der Waals surface area contributed by atoms with Crippen LogP contribution in [0.3, 0.4) is 0 Å². The van der Waals surface area contributed by atoms with E-state index in [1.165, 1.54) is 33.1 Å². The van der Waals surface area contributed by atoms with Crippen LogP contribution in [0.4, 0.5) is 5.13 Å². The molecule has 1 fully saturated rings. The van der Waals surface area contributed by atoms with Gasteiger partial charge < -0.3 is 16.2 Å². The summed E-state index contributed by atoms with van der Waals surface area (Å²) in [5, 5.41) is 24.1. The van der Waals surface area contributed by atoms with Crippen molar-refractivity contribution in [1.29, 1.82) is 0 Å². The van der Waals surface area contributed by atoms with E-state index in [-0.39, 0.29) is 22.2 Å². The lowest BCUT2D eigenvalue weighted by atomic mass is 10.0. The lowest BCUT2D eigenvalue weighted by Crippen LogP contribution is -2.70. The normalized spacial score (nSPS) is 19.8. The van der Waals surface area contributed by atoms with E-state index >= 15 is 0 Å². The zero-order chi connectivity index (χ0) is 25.8. The molecular formula is C20H25N9O4S3. The summed E-state index contributed by atoms with van der Waals surface area (Å²) in [5.74, 6) is -1.22. The Morgan fingerprint density at radius 3 is 2.81 bits per heavy atom. The zero-order valence-electron chi connectivity index (χ0n) is 19.6. The van der Waals surface area contributed by atoms with Crippen LogP contribution >= 0.6 is 35.1 Å². The summed E-state index contributed by atoms with van der Waals surface area (Å²) >= 11 is 3.68. The molecule has 2 atom stereocenters. The first kappa shape index (κ1) is 26.1. The number of anilines is 1. The molecule has 4 heterocycles. The van der Waals surface area contributed by atoms with Crippen LogP contribution in [0.5, 0.6) is 0 Å². The van der Waals surface area contributed by atoms with Crippen molar-refractivity contribution in [2.45, 2.75) is 49.2 Å². The van der Waals surface area contributed by atoms with E-state index in [1.807, 2.05) is 0 Å². The van der Waals surface area contributed by atoms with E-state index in [2.05, 4.69) is 37.1 Å². The topological polar surface area (TPSA) is 182 Å². The van der Waals surface area contributed by atoms with Gasteiger partial charge in [-0.05, 0) is 28.8 Å². The zero-order valence-corrected chi connectivity index (χ0v) is 22.0. The minimum Gasteiger partial charge on any atom is -0.477 e. The number of β-lactam (4-membered cyclic amide) rings is 1. The van der Waals surface area contributed by atoms with E-state index in [4.69, 9.17) is 5.73 Å². The van der Waals surface area contributed by atoms with Crippen LogP contribution in [0.25, 0.3) is 5.57 Å². The Bertz CT molecular complexity index is 1220. The van der Waals surface area contributed by atoms with Gasteiger partial charge in [-0.15, -0.1) is 16.9 Å². The molecule has 16 heteroatoms. The highest BCUT2D eigenvalue weighted by atomic mass is 32.2. The maximum absolute atomic E-state index is 13.2. The number of nitrogen functional groups attached to an aromatic ring is 1. The molecule has 2 aromatic rings. The third kappa shape index (κ3) is 5.39.